The van der Waals surface area contributed by atoms with Crippen molar-refractivity contribution >= 4 is 16.7 Å². The maximum absolute atomic E-state index is 14.6. The summed E-state index contributed by atoms with van der Waals surface area (Å²) in [7, 11) is 2.90. The largest absolute Gasteiger partial charge is 0.493 e. The molecule has 7 heteroatoms. The summed E-state index contributed by atoms with van der Waals surface area (Å²) >= 11 is 0. The number of piperazine rings is 1. The summed E-state index contributed by atoms with van der Waals surface area (Å²) in [5.74, 6) is 0.215. The predicted molar refractivity (Wildman–Crippen MR) is 106 cm³/mol. The molecule has 1 aliphatic rings. The Morgan fingerprint density at radius 3 is 2.46 bits per heavy atom. The molecule has 0 bridgehead atoms. The minimum Gasteiger partial charge on any atom is -0.493 e. The second-order valence-corrected chi connectivity index (χ2v) is 6.58. The molecular weight excluding hydrogens is 363 g/mol. The number of halogens is 1. The van der Waals surface area contributed by atoms with E-state index in [2.05, 4.69) is 10.2 Å². The van der Waals surface area contributed by atoms with E-state index in [-0.39, 0.29) is 22.5 Å². The van der Waals surface area contributed by atoms with E-state index in [1.807, 2.05) is 12.1 Å². The third-order valence-electron chi connectivity index (χ3n) is 4.93. The Bertz CT molecular complexity index is 1070. The number of fused-ring (bicyclic) bond motifs is 1. The van der Waals surface area contributed by atoms with E-state index in [1.54, 1.807) is 6.07 Å². The van der Waals surface area contributed by atoms with Gasteiger partial charge in [-0.05, 0) is 24.3 Å². The van der Waals surface area contributed by atoms with Crippen LogP contribution in [0, 0.1) is 5.82 Å². The zero-order valence-corrected chi connectivity index (χ0v) is 15.8. The molecule has 0 amide bonds. The Morgan fingerprint density at radius 1 is 1.04 bits per heavy atom. The molecular formula is C21H21FN2O4. The van der Waals surface area contributed by atoms with E-state index < -0.39 is 5.82 Å². The summed E-state index contributed by atoms with van der Waals surface area (Å²) < 4.78 is 30.8. The molecule has 0 atom stereocenters. The first-order valence-electron chi connectivity index (χ1n) is 9.06. The van der Waals surface area contributed by atoms with Crippen LogP contribution >= 0.6 is 0 Å². The maximum atomic E-state index is 14.6. The molecule has 1 aliphatic heterocycles. The Morgan fingerprint density at radius 2 is 1.75 bits per heavy atom. The summed E-state index contributed by atoms with van der Waals surface area (Å²) in [5, 5.41) is 3.78. The van der Waals surface area contributed by atoms with Crippen LogP contribution in [0.2, 0.25) is 0 Å². The van der Waals surface area contributed by atoms with Gasteiger partial charge < -0.3 is 24.1 Å². The lowest BCUT2D eigenvalue weighted by molar-refractivity contribution is 0.352. The highest BCUT2D eigenvalue weighted by molar-refractivity contribution is 5.82. The van der Waals surface area contributed by atoms with Crippen molar-refractivity contribution in [1.82, 2.24) is 5.32 Å². The highest BCUT2D eigenvalue weighted by atomic mass is 19.1. The number of nitrogens with one attached hydrogen (secondary N) is 1. The van der Waals surface area contributed by atoms with E-state index in [1.165, 1.54) is 32.4 Å². The van der Waals surface area contributed by atoms with Gasteiger partial charge in [-0.15, -0.1) is 0 Å². The topological polar surface area (TPSA) is 63.9 Å². The Hall–Kier alpha value is -3.06. The molecule has 28 heavy (non-hydrogen) atoms. The van der Waals surface area contributed by atoms with Crippen molar-refractivity contribution in [1.29, 1.82) is 0 Å². The van der Waals surface area contributed by atoms with Gasteiger partial charge in [-0.1, -0.05) is 0 Å². The van der Waals surface area contributed by atoms with Gasteiger partial charge >= 0.3 is 0 Å². The van der Waals surface area contributed by atoms with E-state index in [4.69, 9.17) is 13.9 Å². The van der Waals surface area contributed by atoms with Crippen molar-refractivity contribution in [2.75, 3.05) is 45.3 Å². The molecule has 6 nitrogen and oxygen atoms in total. The van der Waals surface area contributed by atoms with Gasteiger partial charge in [0.2, 0.25) is 0 Å². The number of benzene rings is 2. The van der Waals surface area contributed by atoms with Gasteiger partial charge in [0, 0.05) is 44.0 Å². The number of nitrogens with zero attached hydrogens (tertiary/aromatic N) is 1. The van der Waals surface area contributed by atoms with E-state index >= 15 is 0 Å². The molecule has 146 valence electrons. The maximum Gasteiger partial charge on any atom is 0.193 e. The summed E-state index contributed by atoms with van der Waals surface area (Å²) in [6.45, 7) is 3.58. The Balaban J connectivity index is 1.79. The Labute approximate surface area is 161 Å². The van der Waals surface area contributed by atoms with Crippen LogP contribution in [0.15, 0.2) is 45.6 Å². The third-order valence-corrected chi connectivity index (χ3v) is 4.93. The van der Waals surface area contributed by atoms with E-state index in [0.29, 0.717) is 16.7 Å². The van der Waals surface area contributed by atoms with Gasteiger partial charge in [-0.2, -0.15) is 0 Å². The predicted octanol–water partition coefficient (Wildman–Crippen LogP) is 3.03. The van der Waals surface area contributed by atoms with Crippen LogP contribution in [0.25, 0.3) is 22.3 Å². The third kappa shape index (κ3) is 3.29. The Kier molecular flexibility index (Phi) is 4.92. The molecule has 4 rings (SSSR count). The highest BCUT2D eigenvalue weighted by Crippen LogP contribution is 2.35. The lowest BCUT2D eigenvalue weighted by Gasteiger charge is -2.29. The molecule has 3 aromatic rings. The van der Waals surface area contributed by atoms with Gasteiger partial charge in [-0.25, -0.2) is 4.39 Å². The van der Waals surface area contributed by atoms with Crippen LogP contribution in [0.3, 0.4) is 0 Å². The standard InChI is InChI=1S/C21H21FN2O4/c1-26-20-10-14(16(22)11-21(20)27-2)19-12-17(25)15-9-13(3-4-18(15)28-19)24-7-5-23-6-8-24/h3-4,9-12,23H,5-8H2,1-2H3. The second kappa shape index (κ2) is 7.52. The highest BCUT2D eigenvalue weighted by Gasteiger charge is 2.17. The molecule has 1 fully saturated rings. The smallest absolute Gasteiger partial charge is 0.193 e. The molecule has 0 spiro atoms. The molecule has 0 unspecified atom stereocenters. The van der Waals surface area contributed by atoms with E-state index in [0.717, 1.165) is 31.9 Å². The quantitative estimate of drug-likeness (QED) is 0.746. The lowest BCUT2D eigenvalue weighted by atomic mass is 10.1. The van der Waals surface area contributed by atoms with Crippen molar-refractivity contribution < 1.29 is 18.3 Å². The number of anilines is 1. The van der Waals surface area contributed by atoms with Crippen molar-refractivity contribution in [2.45, 2.75) is 0 Å². The molecule has 1 aromatic heterocycles. The SMILES string of the molecule is COc1cc(F)c(-c2cc(=O)c3cc(N4CCNCC4)ccc3o2)cc1OC. The summed E-state index contributed by atoms with van der Waals surface area (Å²) in [4.78, 5) is 14.9. The number of methoxy groups -OCH3 is 2. The fourth-order valence-electron chi connectivity index (χ4n) is 3.44. The summed E-state index contributed by atoms with van der Waals surface area (Å²) in [6.07, 6.45) is 0. The van der Waals surface area contributed by atoms with Crippen LogP contribution in [-0.4, -0.2) is 40.4 Å². The zero-order chi connectivity index (χ0) is 19.7. The number of hydrogen-bond acceptors (Lipinski definition) is 6. The molecule has 2 heterocycles. The first-order chi connectivity index (χ1) is 13.6. The fraction of sp³-hybridized carbons (Fsp3) is 0.286. The zero-order valence-electron chi connectivity index (χ0n) is 15.8. The van der Waals surface area contributed by atoms with Crippen molar-refractivity contribution in [3.05, 3.63) is 52.4 Å². The van der Waals surface area contributed by atoms with Crippen molar-refractivity contribution in [3.63, 3.8) is 0 Å². The molecule has 2 aromatic carbocycles. The van der Waals surface area contributed by atoms with Crippen molar-refractivity contribution in [2.24, 2.45) is 0 Å². The van der Waals surface area contributed by atoms with Crippen LogP contribution in [0.1, 0.15) is 0 Å². The van der Waals surface area contributed by atoms with Crippen LogP contribution < -0.4 is 25.1 Å². The van der Waals surface area contributed by atoms with Crippen molar-refractivity contribution in [3.8, 4) is 22.8 Å². The molecule has 0 saturated carbocycles. The van der Waals surface area contributed by atoms with Gasteiger partial charge in [0.1, 0.15) is 17.2 Å². The van der Waals surface area contributed by atoms with Gasteiger partial charge in [-0.3, -0.25) is 4.79 Å². The van der Waals surface area contributed by atoms with Gasteiger partial charge in [0.05, 0.1) is 25.2 Å². The van der Waals surface area contributed by atoms with Crippen LogP contribution in [-0.2, 0) is 0 Å². The minimum atomic E-state index is -0.558. The fourth-order valence-corrected chi connectivity index (χ4v) is 3.44. The number of rotatable bonds is 4. The molecule has 1 N–H and O–H groups in total. The number of ether oxygens (including phenoxy) is 2. The molecule has 0 aliphatic carbocycles. The lowest BCUT2D eigenvalue weighted by Crippen LogP contribution is -2.43. The normalized spacial score (nSPS) is 14.3. The van der Waals surface area contributed by atoms with Crippen LogP contribution in [0.4, 0.5) is 10.1 Å². The average Bonchev–Trinajstić information content (AvgIpc) is 2.73. The summed E-state index contributed by atoms with van der Waals surface area (Å²) in [6, 6.07) is 9.51. The average molecular weight is 384 g/mol. The molecule has 0 radical (unpaired) electrons. The summed E-state index contributed by atoms with van der Waals surface area (Å²) in [5.41, 5.74) is 1.31. The monoisotopic (exact) mass is 384 g/mol. The minimum absolute atomic E-state index is 0.142. The van der Waals surface area contributed by atoms with Crippen LogP contribution in [0.5, 0.6) is 11.5 Å². The van der Waals surface area contributed by atoms with Gasteiger partial charge in [0.15, 0.2) is 16.9 Å². The number of hydrogen-bond donors (Lipinski definition) is 1. The van der Waals surface area contributed by atoms with Gasteiger partial charge in [0.25, 0.3) is 0 Å². The first-order valence-corrected chi connectivity index (χ1v) is 9.06. The first kappa shape index (κ1) is 18.3. The second-order valence-electron chi connectivity index (χ2n) is 6.58. The molecule has 1 saturated heterocycles. The van der Waals surface area contributed by atoms with E-state index in [9.17, 15) is 9.18 Å².